The number of hydrogen-bond acceptors (Lipinski definition) is 5. The van der Waals surface area contributed by atoms with E-state index in [9.17, 15) is 10.4 Å². The van der Waals surface area contributed by atoms with Gasteiger partial charge in [-0.1, -0.05) is 19.9 Å². The molecule has 2 aromatic rings. The van der Waals surface area contributed by atoms with Crippen molar-refractivity contribution in [1.29, 1.82) is 0 Å². The third-order valence-corrected chi connectivity index (χ3v) is 4.81. The van der Waals surface area contributed by atoms with Crippen molar-refractivity contribution in [1.82, 2.24) is 10.00 Å². The lowest BCUT2D eigenvalue weighted by atomic mass is 10.1. The van der Waals surface area contributed by atoms with E-state index in [0.29, 0.717) is 22.4 Å². The van der Waals surface area contributed by atoms with E-state index in [2.05, 4.69) is 29.2 Å². The van der Waals surface area contributed by atoms with Crippen LogP contribution in [0.15, 0.2) is 12.1 Å². The first kappa shape index (κ1) is 17.7. The fourth-order valence-corrected chi connectivity index (χ4v) is 3.70. The van der Waals surface area contributed by atoms with Gasteiger partial charge in [0.2, 0.25) is 5.10 Å². The molecule has 1 N–H and O–H groups in total. The Labute approximate surface area is 148 Å². The highest BCUT2D eigenvalue weighted by atomic mass is 16.5. The molecule has 25 heavy (non-hydrogen) atoms. The Morgan fingerprint density at radius 2 is 1.88 bits per heavy atom. The quantitative estimate of drug-likeness (QED) is 0.579. The van der Waals surface area contributed by atoms with Crippen LogP contribution >= 0.6 is 0 Å². The van der Waals surface area contributed by atoms with Gasteiger partial charge in [-0.2, -0.15) is 0 Å². The summed E-state index contributed by atoms with van der Waals surface area (Å²) in [5, 5.41) is 32.0. The van der Waals surface area contributed by atoms with Crippen LogP contribution in [0.25, 0.3) is 11.0 Å². The van der Waals surface area contributed by atoms with E-state index < -0.39 is 0 Å². The van der Waals surface area contributed by atoms with Crippen molar-refractivity contribution in [2.45, 2.75) is 46.0 Å². The van der Waals surface area contributed by atoms with Crippen molar-refractivity contribution in [3.63, 3.8) is 0 Å². The van der Waals surface area contributed by atoms with Gasteiger partial charge < -0.3 is 15.3 Å². The smallest absolute Gasteiger partial charge is 0.461 e. The van der Waals surface area contributed by atoms with Crippen molar-refractivity contribution in [2.24, 2.45) is 0 Å². The lowest BCUT2D eigenvalue weighted by Gasteiger charge is -2.20. The molecule has 0 atom stereocenters. The largest absolute Gasteiger partial charge is 0.739 e. The van der Waals surface area contributed by atoms with Crippen LogP contribution in [-0.4, -0.2) is 36.2 Å². The number of aryl methyl sites for hydroxylation is 2. The SMILES string of the molecule is CCCN(CCC)CCNc1n[n+]([O-])c2c3c(ccc2[n+]1[O-])CCC3. The van der Waals surface area contributed by atoms with Crippen molar-refractivity contribution < 1.29 is 9.58 Å². The summed E-state index contributed by atoms with van der Waals surface area (Å²) < 4.78 is 0.756. The minimum absolute atomic E-state index is 0.0772. The first-order valence-corrected chi connectivity index (χ1v) is 9.29. The van der Waals surface area contributed by atoms with Crippen molar-refractivity contribution in [3.05, 3.63) is 33.7 Å². The maximum absolute atomic E-state index is 12.6. The number of benzene rings is 1. The molecule has 0 saturated carbocycles. The second-order valence-corrected chi connectivity index (χ2v) is 6.68. The minimum Gasteiger partial charge on any atom is -0.739 e. The van der Waals surface area contributed by atoms with E-state index in [1.165, 1.54) is 0 Å². The zero-order valence-corrected chi connectivity index (χ0v) is 15.1. The third kappa shape index (κ3) is 3.61. The average Bonchev–Trinajstić information content (AvgIpc) is 3.07. The Bertz CT molecular complexity index is 744. The molecule has 136 valence electrons. The van der Waals surface area contributed by atoms with Crippen LogP contribution in [0.3, 0.4) is 0 Å². The Balaban J connectivity index is 1.79. The van der Waals surface area contributed by atoms with Crippen molar-refractivity contribution in [3.8, 4) is 0 Å². The molecule has 0 fully saturated rings. The summed E-state index contributed by atoms with van der Waals surface area (Å²) in [7, 11) is 0. The third-order valence-electron chi connectivity index (χ3n) is 4.81. The van der Waals surface area contributed by atoms with Gasteiger partial charge in [-0.25, -0.2) is 4.73 Å². The van der Waals surface area contributed by atoms with Gasteiger partial charge in [-0.15, -0.1) is 0 Å². The van der Waals surface area contributed by atoms with Gasteiger partial charge in [0.1, 0.15) is 0 Å². The molecule has 0 amide bonds. The molecule has 1 aromatic heterocycles. The van der Waals surface area contributed by atoms with Crippen LogP contribution in [-0.2, 0) is 12.8 Å². The number of hydrogen-bond donors (Lipinski definition) is 1. The highest BCUT2D eigenvalue weighted by molar-refractivity contribution is 5.74. The summed E-state index contributed by atoms with van der Waals surface area (Å²) in [6.07, 6.45) is 5.03. The summed E-state index contributed by atoms with van der Waals surface area (Å²) in [4.78, 5) is 2.97. The Kier molecular flexibility index (Phi) is 5.53. The van der Waals surface area contributed by atoms with Gasteiger partial charge >= 0.3 is 11.5 Å². The molecule has 1 aromatic carbocycles. The second kappa shape index (κ2) is 7.82. The standard InChI is InChI=1S/C18H27N5O2/c1-3-11-21(12-4-2)13-10-19-18-20-23(25)17-15-7-5-6-14(15)8-9-16(17)22(18)24/h8-9H,3-7,10-13H2,1-2H3,(H,19,20). The molecule has 3 rings (SSSR count). The maximum Gasteiger partial charge on any atom is 0.461 e. The van der Waals surface area contributed by atoms with Gasteiger partial charge in [0.15, 0.2) is 5.52 Å². The lowest BCUT2D eigenvalue weighted by molar-refractivity contribution is -0.672. The fourth-order valence-electron chi connectivity index (χ4n) is 3.70. The van der Waals surface area contributed by atoms with Crippen LogP contribution in [0, 0.1) is 10.4 Å². The summed E-state index contributed by atoms with van der Waals surface area (Å²) in [6, 6.07) is 3.71. The monoisotopic (exact) mass is 345 g/mol. The highest BCUT2D eigenvalue weighted by Gasteiger charge is 2.26. The maximum atomic E-state index is 12.6. The molecule has 0 spiro atoms. The summed E-state index contributed by atoms with van der Waals surface area (Å²) in [5.41, 5.74) is 2.96. The Morgan fingerprint density at radius 1 is 1.12 bits per heavy atom. The number of anilines is 1. The number of rotatable bonds is 8. The van der Waals surface area contributed by atoms with Gasteiger partial charge in [-0.05, 0) is 56.8 Å². The molecule has 0 aliphatic heterocycles. The molecule has 1 aliphatic carbocycles. The van der Waals surface area contributed by atoms with Gasteiger partial charge in [-0.3, -0.25) is 5.32 Å². The Morgan fingerprint density at radius 3 is 2.60 bits per heavy atom. The molecular weight excluding hydrogens is 318 g/mol. The van der Waals surface area contributed by atoms with Crippen molar-refractivity contribution >= 4 is 17.0 Å². The normalized spacial score (nSPS) is 13.6. The molecule has 1 heterocycles. The molecule has 0 radical (unpaired) electrons. The fraction of sp³-hybridized carbons (Fsp3) is 0.611. The highest BCUT2D eigenvalue weighted by Crippen LogP contribution is 2.26. The van der Waals surface area contributed by atoms with E-state index in [1.807, 2.05) is 6.07 Å². The molecule has 1 aliphatic rings. The first-order valence-electron chi connectivity index (χ1n) is 9.29. The molecule has 7 heteroatoms. The number of aromatic nitrogens is 3. The number of nitrogens with one attached hydrogen (secondary N) is 1. The average molecular weight is 345 g/mol. The number of fused-ring (bicyclic) bond motifs is 3. The van der Waals surface area contributed by atoms with Crippen LogP contribution in [0.2, 0.25) is 0 Å². The van der Waals surface area contributed by atoms with Crippen LogP contribution < -0.4 is 14.9 Å². The summed E-state index contributed by atoms with van der Waals surface area (Å²) in [5.74, 6) is 0.0772. The second-order valence-electron chi connectivity index (χ2n) is 6.68. The van der Waals surface area contributed by atoms with Gasteiger partial charge in [0.25, 0.3) is 0 Å². The molecule has 0 bridgehead atoms. The van der Waals surface area contributed by atoms with Gasteiger partial charge in [0, 0.05) is 17.0 Å². The first-order chi connectivity index (χ1) is 12.2. The zero-order valence-electron chi connectivity index (χ0n) is 15.1. The number of nitrogens with zero attached hydrogens (tertiary/aromatic N) is 4. The predicted octanol–water partition coefficient (Wildman–Crippen LogP) is 1.52. The van der Waals surface area contributed by atoms with E-state index in [1.54, 1.807) is 6.07 Å². The van der Waals surface area contributed by atoms with Crippen LogP contribution in [0.1, 0.15) is 44.2 Å². The van der Waals surface area contributed by atoms with E-state index in [4.69, 9.17) is 0 Å². The van der Waals surface area contributed by atoms with Gasteiger partial charge in [0.05, 0.1) is 6.54 Å². The Hall–Kier alpha value is -2.15. The molecule has 7 nitrogen and oxygen atoms in total. The summed E-state index contributed by atoms with van der Waals surface area (Å²) >= 11 is 0. The van der Waals surface area contributed by atoms with E-state index in [-0.39, 0.29) is 5.95 Å². The predicted molar refractivity (Wildman–Crippen MR) is 97.2 cm³/mol. The summed E-state index contributed by atoms with van der Waals surface area (Å²) in [6.45, 7) is 7.80. The van der Waals surface area contributed by atoms with E-state index >= 15 is 0 Å². The van der Waals surface area contributed by atoms with Crippen LogP contribution in [0.5, 0.6) is 0 Å². The molecule has 0 unspecified atom stereocenters. The zero-order chi connectivity index (χ0) is 17.8. The molecule has 0 saturated heterocycles. The minimum atomic E-state index is 0.0772. The topological polar surface area (TPSA) is 82.0 Å². The van der Waals surface area contributed by atoms with E-state index in [0.717, 1.165) is 67.6 Å². The lowest BCUT2D eigenvalue weighted by Crippen LogP contribution is -2.45. The van der Waals surface area contributed by atoms with Crippen LogP contribution in [0.4, 0.5) is 5.95 Å². The van der Waals surface area contributed by atoms with Crippen molar-refractivity contribution in [2.75, 3.05) is 31.5 Å². The molecular formula is C18H27N5O2.